The van der Waals surface area contributed by atoms with Gasteiger partial charge in [0.15, 0.2) is 5.76 Å². The van der Waals surface area contributed by atoms with Gasteiger partial charge < -0.3 is 14.9 Å². The molecule has 4 rings (SSSR count). The molecule has 0 saturated carbocycles. The fourth-order valence-corrected chi connectivity index (χ4v) is 3.75. The van der Waals surface area contributed by atoms with Crippen molar-refractivity contribution in [1.82, 2.24) is 5.16 Å². The minimum absolute atomic E-state index is 0.0740. The Hall–Kier alpha value is -4.40. The van der Waals surface area contributed by atoms with Crippen LogP contribution in [0.25, 0.3) is 33.7 Å². The van der Waals surface area contributed by atoms with Crippen LogP contribution in [0.4, 0.5) is 18.9 Å². The summed E-state index contributed by atoms with van der Waals surface area (Å²) >= 11 is 0. The van der Waals surface area contributed by atoms with E-state index in [0.717, 1.165) is 6.07 Å². The molecule has 0 aliphatic rings. The van der Waals surface area contributed by atoms with Crippen LogP contribution in [0, 0.1) is 5.41 Å². The largest absolute Gasteiger partial charge is 0.481 e. The van der Waals surface area contributed by atoms with Crippen molar-refractivity contribution in [3.63, 3.8) is 0 Å². The lowest BCUT2D eigenvalue weighted by atomic mass is 9.89. The number of rotatable bonds is 7. The Kier molecular flexibility index (Phi) is 6.89. The van der Waals surface area contributed by atoms with Gasteiger partial charge in [0.05, 0.1) is 11.0 Å². The van der Waals surface area contributed by atoms with Gasteiger partial charge in [-0.15, -0.1) is 0 Å². The van der Waals surface area contributed by atoms with Gasteiger partial charge in [-0.25, -0.2) is 0 Å². The van der Waals surface area contributed by atoms with Crippen LogP contribution in [-0.2, 0) is 15.8 Å². The Morgan fingerprint density at radius 2 is 1.54 bits per heavy atom. The van der Waals surface area contributed by atoms with Crippen LogP contribution in [0.2, 0.25) is 0 Å². The molecular formula is C28H23F3N2O4. The number of hydrogen-bond donors (Lipinski definition) is 2. The number of aliphatic carboxylic acids is 1. The van der Waals surface area contributed by atoms with Crippen LogP contribution in [0.5, 0.6) is 0 Å². The number of halogens is 3. The molecule has 0 radical (unpaired) electrons. The summed E-state index contributed by atoms with van der Waals surface area (Å²) in [6.07, 6.45) is -4.76. The van der Waals surface area contributed by atoms with Crippen LogP contribution < -0.4 is 5.32 Å². The smallest absolute Gasteiger partial charge is 0.417 e. The molecule has 1 heterocycles. The summed E-state index contributed by atoms with van der Waals surface area (Å²) in [5, 5.41) is 15.8. The number of carbonyl (C=O) groups is 2. The molecular weight excluding hydrogens is 485 g/mol. The lowest BCUT2D eigenvalue weighted by molar-refractivity contribution is -0.149. The summed E-state index contributed by atoms with van der Waals surface area (Å²) in [7, 11) is 0. The molecule has 3 aromatic carbocycles. The maximum Gasteiger partial charge on any atom is 0.417 e. The van der Waals surface area contributed by atoms with Crippen LogP contribution in [0.15, 0.2) is 83.4 Å². The van der Waals surface area contributed by atoms with Gasteiger partial charge in [0.25, 0.3) is 0 Å². The van der Waals surface area contributed by atoms with Gasteiger partial charge in [-0.1, -0.05) is 47.6 Å². The number of nitrogens with one attached hydrogen (secondary N) is 1. The molecule has 9 heteroatoms. The fraction of sp³-hybridized carbons (Fsp3) is 0.179. The summed E-state index contributed by atoms with van der Waals surface area (Å²) in [4.78, 5) is 23.4. The molecule has 0 fully saturated rings. The van der Waals surface area contributed by atoms with Crippen molar-refractivity contribution in [1.29, 1.82) is 0 Å². The van der Waals surface area contributed by atoms with Gasteiger partial charge >= 0.3 is 12.1 Å². The number of nitrogens with zero attached hydrogens (tertiary/aromatic N) is 1. The molecule has 2 N–H and O–H groups in total. The van der Waals surface area contributed by atoms with Gasteiger partial charge in [-0.3, -0.25) is 9.59 Å². The van der Waals surface area contributed by atoms with Crippen LogP contribution in [-0.4, -0.2) is 22.1 Å². The first-order valence-electron chi connectivity index (χ1n) is 11.3. The zero-order chi connectivity index (χ0) is 26.8. The number of amides is 1. The maximum atomic E-state index is 13.9. The number of benzene rings is 3. The summed E-state index contributed by atoms with van der Waals surface area (Å²) in [5.41, 5.74) is 0.115. The molecule has 0 bridgehead atoms. The summed E-state index contributed by atoms with van der Waals surface area (Å²) < 4.78 is 46.9. The van der Waals surface area contributed by atoms with Crippen LogP contribution in [0.1, 0.15) is 25.8 Å². The molecule has 6 nitrogen and oxygen atoms in total. The number of carbonyl (C=O) groups excluding carboxylic acids is 1. The van der Waals surface area contributed by atoms with Crippen molar-refractivity contribution < 1.29 is 32.4 Å². The highest BCUT2D eigenvalue weighted by Crippen LogP contribution is 2.39. The third-order valence-corrected chi connectivity index (χ3v) is 5.85. The molecule has 4 aromatic rings. The van der Waals surface area contributed by atoms with Gasteiger partial charge in [0.1, 0.15) is 5.69 Å². The predicted molar refractivity (Wildman–Crippen MR) is 132 cm³/mol. The van der Waals surface area contributed by atoms with Gasteiger partial charge in [0, 0.05) is 29.3 Å². The Balaban J connectivity index is 1.54. The quantitative estimate of drug-likeness (QED) is 0.277. The zero-order valence-corrected chi connectivity index (χ0v) is 20.0. The second-order valence-corrected chi connectivity index (χ2v) is 9.19. The van der Waals surface area contributed by atoms with Gasteiger partial charge in [0.2, 0.25) is 5.91 Å². The highest BCUT2D eigenvalue weighted by molar-refractivity contribution is 5.94. The first kappa shape index (κ1) is 25.7. The normalized spacial score (nSPS) is 11.8. The Labute approximate surface area is 210 Å². The van der Waals surface area contributed by atoms with E-state index in [4.69, 9.17) is 4.52 Å². The minimum atomic E-state index is -4.56. The van der Waals surface area contributed by atoms with E-state index in [1.807, 2.05) is 0 Å². The summed E-state index contributed by atoms with van der Waals surface area (Å²) in [6.45, 7) is 2.93. The lowest BCUT2D eigenvalue weighted by Gasteiger charge is -2.18. The second kappa shape index (κ2) is 9.93. The molecule has 1 amide bonds. The van der Waals surface area contributed by atoms with Crippen molar-refractivity contribution >= 4 is 17.6 Å². The van der Waals surface area contributed by atoms with Crippen molar-refractivity contribution in [2.45, 2.75) is 26.4 Å². The van der Waals surface area contributed by atoms with E-state index in [1.54, 1.807) is 66.7 Å². The third-order valence-electron chi connectivity index (χ3n) is 5.85. The van der Waals surface area contributed by atoms with E-state index in [1.165, 1.54) is 19.9 Å². The number of carboxylic acid groups (broad SMARTS) is 1. The Morgan fingerprint density at radius 1 is 0.892 bits per heavy atom. The number of anilines is 1. The maximum absolute atomic E-state index is 13.9. The monoisotopic (exact) mass is 508 g/mol. The molecule has 0 atom stereocenters. The van der Waals surface area contributed by atoms with Crippen LogP contribution >= 0.6 is 0 Å². The van der Waals surface area contributed by atoms with E-state index >= 15 is 0 Å². The number of alkyl halides is 3. The molecule has 190 valence electrons. The average Bonchev–Trinajstić information content (AvgIpc) is 3.34. The SMILES string of the molecule is CC(C)(CC(=O)Nc1ccc(-c2cc(-c3ccc(-c4ccccc4)c(C(F)(F)F)c3)no2)cc1)C(=O)O. The molecule has 0 saturated heterocycles. The minimum Gasteiger partial charge on any atom is -0.481 e. The molecule has 0 unspecified atom stereocenters. The lowest BCUT2D eigenvalue weighted by Crippen LogP contribution is -2.29. The third kappa shape index (κ3) is 5.88. The van der Waals surface area contributed by atoms with Gasteiger partial charge in [-0.05, 0) is 55.3 Å². The fourth-order valence-electron chi connectivity index (χ4n) is 3.75. The number of aromatic nitrogens is 1. The second-order valence-electron chi connectivity index (χ2n) is 9.19. The zero-order valence-electron chi connectivity index (χ0n) is 20.0. The molecule has 37 heavy (non-hydrogen) atoms. The highest BCUT2D eigenvalue weighted by Gasteiger charge is 2.34. The van der Waals surface area contributed by atoms with Crippen molar-refractivity contribution in [2.24, 2.45) is 5.41 Å². The topological polar surface area (TPSA) is 92.4 Å². The van der Waals surface area contributed by atoms with Crippen molar-refractivity contribution in [2.75, 3.05) is 5.32 Å². The van der Waals surface area contributed by atoms with Gasteiger partial charge in [-0.2, -0.15) is 13.2 Å². The predicted octanol–water partition coefficient (Wildman–Crippen LogP) is 7.13. The van der Waals surface area contributed by atoms with E-state index < -0.39 is 29.0 Å². The number of carboxylic acids is 1. The van der Waals surface area contributed by atoms with E-state index in [9.17, 15) is 27.9 Å². The standard InChI is InChI=1S/C28H23F3N2O4/c1-27(2,26(35)36)16-25(34)32-20-11-8-18(9-12-20)24-15-23(33-37-24)19-10-13-21(17-6-4-3-5-7-17)22(14-19)28(29,30)31/h3-15H,16H2,1-2H3,(H,32,34)(H,35,36). The molecule has 0 aliphatic carbocycles. The first-order valence-corrected chi connectivity index (χ1v) is 11.3. The van der Waals surface area contributed by atoms with Crippen molar-refractivity contribution in [3.05, 3.63) is 84.4 Å². The van der Waals surface area contributed by atoms with Crippen molar-refractivity contribution in [3.8, 4) is 33.7 Å². The summed E-state index contributed by atoms with van der Waals surface area (Å²) in [6, 6.07) is 20.5. The Morgan fingerprint density at radius 3 is 2.16 bits per heavy atom. The first-order chi connectivity index (χ1) is 17.4. The van der Waals surface area contributed by atoms with E-state index in [0.29, 0.717) is 22.6 Å². The highest BCUT2D eigenvalue weighted by atomic mass is 19.4. The van der Waals surface area contributed by atoms with Crippen LogP contribution in [0.3, 0.4) is 0 Å². The van der Waals surface area contributed by atoms with E-state index in [-0.39, 0.29) is 23.2 Å². The van der Waals surface area contributed by atoms with E-state index in [2.05, 4.69) is 10.5 Å². The molecule has 0 spiro atoms. The average molecular weight is 508 g/mol. The Bertz CT molecular complexity index is 1430. The number of hydrogen-bond acceptors (Lipinski definition) is 4. The molecule has 0 aliphatic heterocycles. The molecule has 1 aromatic heterocycles. The summed E-state index contributed by atoms with van der Waals surface area (Å²) in [5.74, 6) is -1.18.